The van der Waals surface area contributed by atoms with Crippen molar-refractivity contribution in [2.45, 2.75) is 45.1 Å². The molecule has 2 aliphatic rings. The van der Waals surface area contributed by atoms with Crippen LogP contribution in [0.15, 0.2) is 21.8 Å². The Kier molecular flexibility index (Phi) is 6.34. The molecule has 3 rings (SSSR count). The minimum absolute atomic E-state index is 0. The van der Waals surface area contributed by atoms with Crippen molar-refractivity contribution in [1.29, 1.82) is 0 Å². The third-order valence-corrected chi connectivity index (χ3v) is 5.63. The Morgan fingerprint density at radius 3 is 2.81 bits per heavy atom. The molecule has 1 N–H and O–H groups in total. The number of rotatable bonds is 2. The van der Waals surface area contributed by atoms with Gasteiger partial charge in [-0.15, -0.1) is 24.0 Å². The highest BCUT2D eigenvalue weighted by Crippen LogP contribution is 2.43. The molecule has 118 valence electrons. The highest BCUT2D eigenvalue weighted by atomic mass is 127. The number of hydrogen-bond donors (Lipinski definition) is 1. The Morgan fingerprint density at radius 1 is 1.33 bits per heavy atom. The van der Waals surface area contributed by atoms with Crippen LogP contribution in [0.4, 0.5) is 0 Å². The first-order valence-electron chi connectivity index (χ1n) is 7.78. The highest BCUT2D eigenvalue weighted by molar-refractivity contribution is 14.0. The lowest BCUT2D eigenvalue weighted by Crippen LogP contribution is -2.41. The van der Waals surface area contributed by atoms with Gasteiger partial charge < -0.3 is 10.2 Å². The van der Waals surface area contributed by atoms with Crippen molar-refractivity contribution in [3.63, 3.8) is 0 Å². The van der Waals surface area contributed by atoms with E-state index in [1.807, 2.05) is 7.05 Å². The maximum atomic E-state index is 4.48. The van der Waals surface area contributed by atoms with E-state index in [0.29, 0.717) is 5.41 Å². The summed E-state index contributed by atoms with van der Waals surface area (Å²) in [4.78, 5) is 6.95. The van der Waals surface area contributed by atoms with E-state index in [9.17, 15) is 0 Å². The molecule has 1 aromatic rings. The van der Waals surface area contributed by atoms with E-state index < -0.39 is 0 Å². The Labute approximate surface area is 149 Å². The molecular formula is C16H26IN3S. The maximum Gasteiger partial charge on any atom is 0.193 e. The summed E-state index contributed by atoms with van der Waals surface area (Å²) < 4.78 is 0. The topological polar surface area (TPSA) is 27.6 Å². The summed E-state index contributed by atoms with van der Waals surface area (Å²) in [5.41, 5.74) is 1.95. The SMILES string of the molecule is CN=C(NCc1ccsc1)N1CCC2(CCCCC2)C1.I. The molecule has 1 aliphatic carbocycles. The average molecular weight is 419 g/mol. The Morgan fingerprint density at radius 2 is 2.14 bits per heavy atom. The predicted octanol–water partition coefficient (Wildman–Crippen LogP) is 4.10. The summed E-state index contributed by atoms with van der Waals surface area (Å²) in [6, 6.07) is 2.18. The van der Waals surface area contributed by atoms with Gasteiger partial charge in [-0.1, -0.05) is 19.3 Å². The fraction of sp³-hybridized carbons (Fsp3) is 0.688. The van der Waals surface area contributed by atoms with Crippen LogP contribution in [0.5, 0.6) is 0 Å². The van der Waals surface area contributed by atoms with Crippen LogP contribution in [0.3, 0.4) is 0 Å². The van der Waals surface area contributed by atoms with Gasteiger partial charge in [0, 0.05) is 26.7 Å². The van der Waals surface area contributed by atoms with Crippen LogP contribution in [0.25, 0.3) is 0 Å². The zero-order valence-corrected chi connectivity index (χ0v) is 16.0. The fourth-order valence-corrected chi connectivity index (χ4v) is 4.40. The van der Waals surface area contributed by atoms with E-state index in [0.717, 1.165) is 12.5 Å². The Balaban J connectivity index is 0.00000161. The molecule has 1 spiro atoms. The lowest BCUT2D eigenvalue weighted by Gasteiger charge is -2.33. The summed E-state index contributed by atoms with van der Waals surface area (Å²) in [6.45, 7) is 3.26. The number of aliphatic imine (C=N–C) groups is 1. The van der Waals surface area contributed by atoms with Crippen LogP contribution in [0.2, 0.25) is 0 Å². The molecule has 0 radical (unpaired) electrons. The number of likely N-dealkylation sites (tertiary alicyclic amines) is 1. The molecule has 1 aromatic heterocycles. The van der Waals surface area contributed by atoms with Crippen LogP contribution in [-0.2, 0) is 6.54 Å². The standard InChI is InChI=1S/C16H25N3S.HI/c1-17-15(18-11-14-5-10-20-12-14)19-9-8-16(13-19)6-3-2-4-7-16;/h5,10,12H,2-4,6-9,11,13H2,1H3,(H,17,18);1H. The first-order valence-corrected chi connectivity index (χ1v) is 8.72. The lowest BCUT2D eigenvalue weighted by atomic mass is 9.73. The van der Waals surface area contributed by atoms with E-state index >= 15 is 0 Å². The van der Waals surface area contributed by atoms with Gasteiger partial charge in [-0.25, -0.2) is 0 Å². The molecule has 1 aliphatic heterocycles. The van der Waals surface area contributed by atoms with E-state index in [1.165, 1.54) is 57.2 Å². The van der Waals surface area contributed by atoms with Gasteiger partial charge in [0.15, 0.2) is 5.96 Å². The van der Waals surface area contributed by atoms with Crippen LogP contribution >= 0.6 is 35.3 Å². The average Bonchev–Trinajstić information content (AvgIpc) is 3.12. The molecule has 3 nitrogen and oxygen atoms in total. The first kappa shape index (κ1) is 17.1. The van der Waals surface area contributed by atoms with Gasteiger partial charge in [0.25, 0.3) is 0 Å². The molecule has 2 fully saturated rings. The molecule has 0 atom stereocenters. The van der Waals surface area contributed by atoms with Gasteiger partial charge in [0.1, 0.15) is 0 Å². The molecule has 2 heterocycles. The van der Waals surface area contributed by atoms with Gasteiger partial charge in [0.05, 0.1) is 0 Å². The summed E-state index contributed by atoms with van der Waals surface area (Å²) in [5.74, 6) is 1.08. The molecule has 0 aromatic carbocycles. The van der Waals surface area contributed by atoms with Crippen molar-refractivity contribution in [2.24, 2.45) is 10.4 Å². The summed E-state index contributed by atoms with van der Waals surface area (Å²) in [5, 5.41) is 7.85. The summed E-state index contributed by atoms with van der Waals surface area (Å²) in [7, 11) is 1.90. The Bertz CT molecular complexity index is 452. The third-order valence-electron chi connectivity index (χ3n) is 4.89. The molecular weight excluding hydrogens is 393 g/mol. The van der Waals surface area contributed by atoms with Crippen LogP contribution in [-0.4, -0.2) is 31.0 Å². The molecule has 0 unspecified atom stereocenters. The molecule has 21 heavy (non-hydrogen) atoms. The second kappa shape index (κ2) is 7.81. The van der Waals surface area contributed by atoms with E-state index in [4.69, 9.17) is 0 Å². The number of nitrogens with zero attached hydrogens (tertiary/aromatic N) is 2. The van der Waals surface area contributed by atoms with Crippen LogP contribution < -0.4 is 5.32 Å². The van der Waals surface area contributed by atoms with Crippen molar-refractivity contribution in [3.8, 4) is 0 Å². The molecule has 1 saturated heterocycles. The van der Waals surface area contributed by atoms with Crippen molar-refractivity contribution in [2.75, 3.05) is 20.1 Å². The van der Waals surface area contributed by atoms with Crippen LogP contribution in [0.1, 0.15) is 44.1 Å². The smallest absolute Gasteiger partial charge is 0.193 e. The Hall–Kier alpha value is -0.300. The van der Waals surface area contributed by atoms with Gasteiger partial charge in [-0.05, 0) is 47.1 Å². The number of guanidine groups is 1. The quantitative estimate of drug-likeness (QED) is 0.444. The first-order chi connectivity index (χ1) is 9.81. The number of halogens is 1. The largest absolute Gasteiger partial charge is 0.352 e. The van der Waals surface area contributed by atoms with E-state index in [2.05, 4.69) is 32.0 Å². The minimum atomic E-state index is 0. The lowest BCUT2D eigenvalue weighted by molar-refractivity contribution is 0.203. The molecule has 0 bridgehead atoms. The minimum Gasteiger partial charge on any atom is -0.352 e. The monoisotopic (exact) mass is 419 g/mol. The normalized spacial score (nSPS) is 21.4. The molecule has 1 saturated carbocycles. The van der Waals surface area contributed by atoms with Gasteiger partial charge in [-0.2, -0.15) is 11.3 Å². The van der Waals surface area contributed by atoms with E-state index in [1.54, 1.807) is 11.3 Å². The number of thiophene rings is 1. The molecule has 5 heteroatoms. The maximum absolute atomic E-state index is 4.48. The number of nitrogens with one attached hydrogen (secondary N) is 1. The second-order valence-corrected chi connectivity index (χ2v) is 7.04. The van der Waals surface area contributed by atoms with Crippen LogP contribution in [0, 0.1) is 5.41 Å². The second-order valence-electron chi connectivity index (χ2n) is 6.26. The third kappa shape index (κ3) is 4.12. The van der Waals surface area contributed by atoms with Crippen molar-refractivity contribution >= 4 is 41.3 Å². The van der Waals surface area contributed by atoms with Gasteiger partial charge >= 0.3 is 0 Å². The molecule has 0 amide bonds. The zero-order chi connectivity index (χ0) is 13.8. The number of hydrogen-bond acceptors (Lipinski definition) is 2. The van der Waals surface area contributed by atoms with Crippen molar-refractivity contribution in [3.05, 3.63) is 22.4 Å². The summed E-state index contributed by atoms with van der Waals surface area (Å²) in [6.07, 6.45) is 8.48. The van der Waals surface area contributed by atoms with Gasteiger partial charge in [0.2, 0.25) is 0 Å². The predicted molar refractivity (Wildman–Crippen MR) is 102 cm³/mol. The van der Waals surface area contributed by atoms with Crippen molar-refractivity contribution < 1.29 is 0 Å². The zero-order valence-electron chi connectivity index (χ0n) is 12.8. The summed E-state index contributed by atoms with van der Waals surface area (Å²) >= 11 is 1.76. The van der Waals surface area contributed by atoms with Gasteiger partial charge in [-0.3, -0.25) is 4.99 Å². The fourth-order valence-electron chi connectivity index (χ4n) is 3.73. The van der Waals surface area contributed by atoms with E-state index in [-0.39, 0.29) is 24.0 Å². The van der Waals surface area contributed by atoms with Crippen molar-refractivity contribution in [1.82, 2.24) is 10.2 Å². The highest BCUT2D eigenvalue weighted by Gasteiger charge is 2.39.